The fraction of sp³-hybridized carbons (Fsp3) is 0.962. The van der Waals surface area contributed by atoms with Crippen molar-refractivity contribution in [2.45, 2.75) is 142 Å². The van der Waals surface area contributed by atoms with E-state index in [1.54, 1.807) is 0 Å². The molecule has 1 rings (SSSR count). The summed E-state index contributed by atoms with van der Waals surface area (Å²) in [5, 5.41) is 0. The van der Waals surface area contributed by atoms with Gasteiger partial charge in [-0.2, -0.15) is 0 Å². The lowest BCUT2D eigenvalue weighted by Crippen LogP contribution is -2.21. The summed E-state index contributed by atoms with van der Waals surface area (Å²) in [6, 6.07) is 0. The van der Waals surface area contributed by atoms with Crippen LogP contribution in [0.1, 0.15) is 136 Å². The minimum Gasteiger partial charge on any atom is -0.378 e. The van der Waals surface area contributed by atoms with Crippen LogP contribution in [0.15, 0.2) is 0 Å². The summed E-state index contributed by atoms with van der Waals surface area (Å²) in [6.45, 7) is 7.53. The van der Waals surface area contributed by atoms with Crippen LogP contribution in [0.25, 0.3) is 0 Å². The number of carbonyl (C=O) groups is 1. The van der Waals surface area contributed by atoms with Crippen LogP contribution in [0.3, 0.4) is 0 Å². The molecule has 0 radical (unpaired) electrons. The number of hydrogen-bond acceptors (Lipinski definition) is 2. The van der Waals surface area contributed by atoms with E-state index in [9.17, 15) is 4.79 Å². The second-order valence-electron chi connectivity index (χ2n) is 10.3. The van der Waals surface area contributed by atoms with Crippen LogP contribution in [-0.4, -0.2) is 19.0 Å². The molecule has 28 heavy (non-hydrogen) atoms. The maximum atomic E-state index is 11.2. The fourth-order valence-corrected chi connectivity index (χ4v) is 4.42. The number of aldehydes is 1. The summed E-state index contributed by atoms with van der Waals surface area (Å²) < 4.78 is 6.00. The van der Waals surface area contributed by atoms with Crippen LogP contribution in [-0.2, 0) is 9.53 Å². The SMILES string of the molecule is CC(C)(C)C(C=O)CCCCCCCCCCCCCCOC1CCCCC1. The lowest BCUT2D eigenvalue weighted by molar-refractivity contribution is -0.114. The largest absolute Gasteiger partial charge is 0.378 e. The Bertz CT molecular complexity index is 352. The predicted molar refractivity (Wildman–Crippen MR) is 122 cm³/mol. The lowest BCUT2D eigenvalue weighted by atomic mass is 9.79. The number of hydrogen-bond donors (Lipinski definition) is 0. The first-order valence-electron chi connectivity index (χ1n) is 12.6. The Balaban J connectivity index is 1.75. The molecule has 1 unspecified atom stereocenters. The highest BCUT2D eigenvalue weighted by molar-refractivity contribution is 5.54. The molecule has 0 heterocycles. The zero-order valence-corrected chi connectivity index (χ0v) is 19.5. The Morgan fingerprint density at radius 3 is 1.68 bits per heavy atom. The number of rotatable bonds is 17. The molecule has 2 heteroatoms. The van der Waals surface area contributed by atoms with E-state index in [2.05, 4.69) is 20.8 Å². The molecule has 0 aliphatic heterocycles. The molecule has 0 N–H and O–H groups in total. The first kappa shape index (κ1) is 25.7. The van der Waals surface area contributed by atoms with Gasteiger partial charge >= 0.3 is 0 Å². The smallest absolute Gasteiger partial charge is 0.123 e. The molecule has 0 amide bonds. The predicted octanol–water partition coefficient (Wildman–Crippen LogP) is 8.27. The zero-order valence-electron chi connectivity index (χ0n) is 19.5. The molecule has 1 aliphatic rings. The van der Waals surface area contributed by atoms with E-state index in [4.69, 9.17) is 4.74 Å². The molecule has 1 saturated carbocycles. The second-order valence-corrected chi connectivity index (χ2v) is 10.3. The monoisotopic (exact) mass is 394 g/mol. The van der Waals surface area contributed by atoms with Gasteiger partial charge in [0, 0.05) is 12.5 Å². The third-order valence-corrected chi connectivity index (χ3v) is 6.59. The van der Waals surface area contributed by atoms with Crippen molar-refractivity contribution >= 4 is 6.29 Å². The molecule has 0 spiro atoms. The number of ether oxygens (including phenoxy) is 1. The van der Waals surface area contributed by atoms with Gasteiger partial charge in [-0.15, -0.1) is 0 Å². The molecular formula is C26H50O2. The van der Waals surface area contributed by atoms with E-state index < -0.39 is 0 Å². The van der Waals surface area contributed by atoms with Crippen molar-refractivity contribution in [1.82, 2.24) is 0 Å². The molecule has 2 nitrogen and oxygen atoms in total. The molecule has 1 atom stereocenters. The Hall–Kier alpha value is -0.370. The molecule has 0 aromatic rings. The molecule has 0 bridgehead atoms. The van der Waals surface area contributed by atoms with Gasteiger partial charge in [-0.1, -0.05) is 111 Å². The Morgan fingerprint density at radius 2 is 1.21 bits per heavy atom. The van der Waals surface area contributed by atoms with Gasteiger partial charge in [0.15, 0.2) is 0 Å². The topological polar surface area (TPSA) is 26.3 Å². The summed E-state index contributed by atoms with van der Waals surface area (Å²) in [4.78, 5) is 11.2. The van der Waals surface area contributed by atoms with Gasteiger partial charge < -0.3 is 9.53 Å². The van der Waals surface area contributed by atoms with E-state index >= 15 is 0 Å². The number of unbranched alkanes of at least 4 members (excludes halogenated alkanes) is 11. The molecule has 0 aromatic carbocycles. The third-order valence-electron chi connectivity index (χ3n) is 6.59. The van der Waals surface area contributed by atoms with Crippen LogP contribution in [0.4, 0.5) is 0 Å². The van der Waals surface area contributed by atoms with Crippen LogP contribution in [0, 0.1) is 11.3 Å². The average molecular weight is 395 g/mol. The third kappa shape index (κ3) is 13.7. The highest BCUT2D eigenvalue weighted by Crippen LogP contribution is 2.28. The van der Waals surface area contributed by atoms with Crippen molar-refractivity contribution < 1.29 is 9.53 Å². The van der Waals surface area contributed by atoms with Gasteiger partial charge in [0.25, 0.3) is 0 Å². The maximum Gasteiger partial charge on any atom is 0.123 e. The Morgan fingerprint density at radius 1 is 0.750 bits per heavy atom. The Labute approximate surface area is 176 Å². The second kappa shape index (κ2) is 16.4. The quantitative estimate of drug-likeness (QED) is 0.183. The number of carbonyl (C=O) groups excluding carboxylic acids is 1. The van der Waals surface area contributed by atoms with Crippen molar-refractivity contribution in [3.63, 3.8) is 0 Å². The van der Waals surface area contributed by atoms with Gasteiger partial charge in [-0.3, -0.25) is 0 Å². The van der Waals surface area contributed by atoms with E-state index in [-0.39, 0.29) is 11.3 Å². The van der Waals surface area contributed by atoms with Gasteiger partial charge in [0.2, 0.25) is 0 Å². The summed E-state index contributed by atoms with van der Waals surface area (Å²) in [7, 11) is 0. The molecular weight excluding hydrogens is 344 g/mol. The summed E-state index contributed by atoms with van der Waals surface area (Å²) in [5.74, 6) is 0.228. The van der Waals surface area contributed by atoms with E-state index in [1.807, 2.05) is 0 Å². The molecule has 0 aromatic heterocycles. The van der Waals surface area contributed by atoms with E-state index in [0.717, 1.165) is 13.0 Å². The van der Waals surface area contributed by atoms with Crippen molar-refractivity contribution in [1.29, 1.82) is 0 Å². The van der Waals surface area contributed by atoms with Crippen LogP contribution in [0.2, 0.25) is 0 Å². The summed E-state index contributed by atoms with van der Waals surface area (Å²) >= 11 is 0. The van der Waals surface area contributed by atoms with Gasteiger partial charge in [0.05, 0.1) is 6.10 Å². The highest BCUT2D eigenvalue weighted by Gasteiger charge is 2.23. The molecule has 0 saturated heterocycles. The van der Waals surface area contributed by atoms with Gasteiger partial charge in [-0.05, 0) is 31.1 Å². The minimum absolute atomic E-state index is 0.129. The first-order chi connectivity index (χ1) is 13.5. The summed E-state index contributed by atoms with van der Waals surface area (Å²) in [5.41, 5.74) is 0.129. The van der Waals surface area contributed by atoms with E-state index in [1.165, 1.54) is 115 Å². The first-order valence-corrected chi connectivity index (χ1v) is 12.6. The van der Waals surface area contributed by atoms with Crippen LogP contribution in [0.5, 0.6) is 0 Å². The molecule has 166 valence electrons. The standard InChI is InChI=1S/C26H50O2/c1-26(2,3)24(23-27)19-15-12-10-8-6-4-5-7-9-11-13-18-22-28-25-20-16-14-17-21-25/h23-25H,4-22H2,1-3H3. The fourth-order valence-electron chi connectivity index (χ4n) is 4.42. The summed E-state index contributed by atoms with van der Waals surface area (Å²) in [6.07, 6.45) is 25.9. The van der Waals surface area contributed by atoms with Crippen molar-refractivity contribution in [3.05, 3.63) is 0 Å². The highest BCUT2D eigenvalue weighted by atomic mass is 16.5. The van der Waals surface area contributed by atoms with Crippen molar-refractivity contribution in [3.8, 4) is 0 Å². The molecule has 1 aliphatic carbocycles. The van der Waals surface area contributed by atoms with Crippen LogP contribution < -0.4 is 0 Å². The molecule has 1 fully saturated rings. The lowest BCUT2D eigenvalue weighted by Gasteiger charge is -2.25. The van der Waals surface area contributed by atoms with Gasteiger partial charge in [0.1, 0.15) is 6.29 Å². The van der Waals surface area contributed by atoms with Crippen LogP contribution >= 0.6 is 0 Å². The normalized spacial score (nSPS) is 17.0. The van der Waals surface area contributed by atoms with Gasteiger partial charge in [-0.25, -0.2) is 0 Å². The van der Waals surface area contributed by atoms with E-state index in [0.29, 0.717) is 6.10 Å². The Kier molecular flexibility index (Phi) is 15.1. The van der Waals surface area contributed by atoms with Crippen molar-refractivity contribution in [2.24, 2.45) is 11.3 Å². The van der Waals surface area contributed by atoms with Crippen molar-refractivity contribution in [2.75, 3.05) is 6.61 Å². The zero-order chi connectivity index (χ0) is 20.5. The average Bonchev–Trinajstić information content (AvgIpc) is 2.67. The minimum atomic E-state index is 0.129. The maximum absolute atomic E-state index is 11.2.